The van der Waals surface area contributed by atoms with Gasteiger partial charge in [0.2, 0.25) is 11.8 Å². The third kappa shape index (κ3) is 4.37. The summed E-state index contributed by atoms with van der Waals surface area (Å²) < 4.78 is 0. The zero-order valence-corrected chi connectivity index (χ0v) is 14.6. The third-order valence-corrected chi connectivity index (χ3v) is 4.65. The average molecular weight is 358 g/mol. The van der Waals surface area contributed by atoms with Gasteiger partial charge < -0.3 is 10.6 Å². The highest BCUT2D eigenvalue weighted by molar-refractivity contribution is 6.30. The van der Waals surface area contributed by atoms with Gasteiger partial charge in [0, 0.05) is 30.5 Å². The second-order valence-corrected chi connectivity index (χ2v) is 6.69. The first-order valence-electron chi connectivity index (χ1n) is 8.30. The minimum absolute atomic E-state index is 0.193. The molecule has 0 bridgehead atoms. The van der Waals surface area contributed by atoms with Gasteiger partial charge in [-0.3, -0.25) is 14.6 Å². The van der Waals surface area contributed by atoms with E-state index in [-0.39, 0.29) is 11.8 Å². The molecule has 0 atom stereocenters. The Morgan fingerprint density at radius 3 is 2.44 bits per heavy atom. The van der Waals surface area contributed by atoms with Crippen molar-refractivity contribution in [3.8, 4) is 0 Å². The summed E-state index contributed by atoms with van der Waals surface area (Å²) in [5, 5.41) is 6.41. The first kappa shape index (κ1) is 17.4. The molecular formula is C19H20ClN3O2. The van der Waals surface area contributed by atoms with E-state index in [9.17, 15) is 9.59 Å². The Morgan fingerprint density at radius 2 is 1.76 bits per heavy atom. The molecule has 2 aromatic rings. The maximum absolute atomic E-state index is 12.4. The molecule has 0 aliphatic heterocycles. The summed E-state index contributed by atoms with van der Waals surface area (Å²) in [5.74, 6) is -0.397. The van der Waals surface area contributed by atoms with Crippen LogP contribution >= 0.6 is 11.6 Å². The molecule has 2 amide bonds. The van der Waals surface area contributed by atoms with E-state index in [1.165, 1.54) is 0 Å². The van der Waals surface area contributed by atoms with E-state index in [4.69, 9.17) is 11.6 Å². The second kappa shape index (κ2) is 7.66. The van der Waals surface area contributed by atoms with Gasteiger partial charge in [-0.25, -0.2) is 0 Å². The molecule has 0 unspecified atom stereocenters. The molecular weight excluding hydrogens is 338 g/mol. The quantitative estimate of drug-likeness (QED) is 0.748. The second-order valence-electron chi connectivity index (χ2n) is 6.26. The van der Waals surface area contributed by atoms with Crippen molar-refractivity contribution in [1.82, 2.24) is 15.6 Å². The monoisotopic (exact) mass is 357 g/mol. The molecule has 6 heteroatoms. The van der Waals surface area contributed by atoms with Crippen LogP contribution in [0.5, 0.6) is 0 Å². The predicted octanol–water partition coefficient (Wildman–Crippen LogP) is 2.49. The lowest BCUT2D eigenvalue weighted by Gasteiger charge is -2.15. The van der Waals surface area contributed by atoms with E-state index in [1.54, 1.807) is 12.4 Å². The SMILES string of the molecule is O=C(NCCc1cccc(Cl)c1)C1(C(=O)NCc2ccncc2)CC1. The van der Waals surface area contributed by atoms with Crippen LogP contribution in [0.1, 0.15) is 24.0 Å². The number of halogens is 1. The topological polar surface area (TPSA) is 71.1 Å². The number of nitrogens with one attached hydrogen (secondary N) is 2. The maximum Gasteiger partial charge on any atom is 0.235 e. The summed E-state index contributed by atoms with van der Waals surface area (Å²) in [7, 11) is 0. The van der Waals surface area contributed by atoms with Crippen LogP contribution in [0.25, 0.3) is 0 Å². The highest BCUT2D eigenvalue weighted by Gasteiger charge is 2.56. The largest absolute Gasteiger partial charge is 0.355 e. The van der Waals surface area contributed by atoms with Crippen LogP contribution in [-0.2, 0) is 22.6 Å². The highest BCUT2D eigenvalue weighted by Crippen LogP contribution is 2.46. The normalized spacial score (nSPS) is 14.6. The van der Waals surface area contributed by atoms with Gasteiger partial charge in [0.05, 0.1) is 0 Å². The molecule has 1 aromatic heterocycles. The van der Waals surface area contributed by atoms with Gasteiger partial charge in [-0.05, 0) is 54.7 Å². The van der Waals surface area contributed by atoms with Crippen molar-refractivity contribution in [2.45, 2.75) is 25.8 Å². The van der Waals surface area contributed by atoms with E-state index < -0.39 is 5.41 Å². The van der Waals surface area contributed by atoms with Gasteiger partial charge in [0.1, 0.15) is 5.41 Å². The number of aromatic nitrogens is 1. The van der Waals surface area contributed by atoms with Crippen molar-refractivity contribution >= 4 is 23.4 Å². The first-order valence-corrected chi connectivity index (χ1v) is 8.68. The average Bonchev–Trinajstić information content (AvgIpc) is 3.43. The Hall–Kier alpha value is -2.40. The minimum Gasteiger partial charge on any atom is -0.355 e. The van der Waals surface area contributed by atoms with Crippen molar-refractivity contribution < 1.29 is 9.59 Å². The van der Waals surface area contributed by atoms with Gasteiger partial charge in [0.15, 0.2) is 0 Å². The number of pyridine rings is 1. The summed E-state index contributed by atoms with van der Waals surface area (Å²) in [5.41, 5.74) is 1.11. The number of carbonyl (C=O) groups excluding carboxylic acids is 2. The van der Waals surface area contributed by atoms with Crippen molar-refractivity contribution in [2.75, 3.05) is 6.54 Å². The smallest absolute Gasteiger partial charge is 0.235 e. The van der Waals surface area contributed by atoms with Crippen molar-refractivity contribution in [1.29, 1.82) is 0 Å². The summed E-state index contributed by atoms with van der Waals surface area (Å²) >= 11 is 5.95. The molecule has 1 aliphatic carbocycles. The molecule has 25 heavy (non-hydrogen) atoms. The van der Waals surface area contributed by atoms with Gasteiger partial charge in [-0.15, -0.1) is 0 Å². The number of hydrogen-bond donors (Lipinski definition) is 2. The summed E-state index contributed by atoms with van der Waals surface area (Å²) in [6, 6.07) is 11.2. The standard InChI is InChI=1S/C19H20ClN3O2/c20-16-3-1-2-14(12-16)6-11-22-17(24)19(7-8-19)18(25)23-13-15-4-9-21-10-5-15/h1-5,9-10,12H,6-8,11,13H2,(H,22,24)(H,23,25). The van der Waals surface area contributed by atoms with Crippen LogP contribution in [0.2, 0.25) is 5.02 Å². The molecule has 1 saturated carbocycles. The van der Waals surface area contributed by atoms with Crippen LogP contribution in [0.15, 0.2) is 48.8 Å². The van der Waals surface area contributed by atoms with E-state index in [0.717, 1.165) is 11.1 Å². The van der Waals surface area contributed by atoms with E-state index >= 15 is 0 Å². The summed E-state index contributed by atoms with van der Waals surface area (Å²) in [6.07, 6.45) is 5.23. The van der Waals surface area contributed by atoms with E-state index in [1.807, 2.05) is 36.4 Å². The molecule has 1 heterocycles. The van der Waals surface area contributed by atoms with Crippen LogP contribution in [0.3, 0.4) is 0 Å². The summed E-state index contributed by atoms with van der Waals surface area (Å²) in [6.45, 7) is 0.886. The lowest BCUT2D eigenvalue weighted by Crippen LogP contribution is -2.43. The maximum atomic E-state index is 12.4. The van der Waals surface area contributed by atoms with Gasteiger partial charge in [-0.2, -0.15) is 0 Å². The molecule has 3 rings (SSSR count). The third-order valence-electron chi connectivity index (χ3n) is 4.41. The molecule has 130 valence electrons. The highest BCUT2D eigenvalue weighted by atomic mass is 35.5. The molecule has 1 aromatic carbocycles. The fourth-order valence-electron chi connectivity index (χ4n) is 2.72. The van der Waals surface area contributed by atoms with Crippen LogP contribution in [0.4, 0.5) is 0 Å². The molecule has 0 saturated heterocycles. The molecule has 1 aliphatic rings. The number of hydrogen-bond acceptors (Lipinski definition) is 3. The number of amides is 2. The molecule has 0 spiro atoms. The number of benzene rings is 1. The fourth-order valence-corrected chi connectivity index (χ4v) is 2.93. The summed E-state index contributed by atoms with van der Waals surface area (Å²) in [4.78, 5) is 28.8. The lowest BCUT2D eigenvalue weighted by molar-refractivity contribution is -0.137. The Labute approximate surface area is 151 Å². The minimum atomic E-state index is -0.901. The van der Waals surface area contributed by atoms with Crippen molar-refractivity contribution in [3.63, 3.8) is 0 Å². The molecule has 5 nitrogen and oxygen atoms in total. The Kier molecular flexibility index (Phi) is 5.34. The molecule has 1 fully saturated rings. The Bertz CT molecular complexity index is 760. The van der Waals surface area contributed by atoms with E-state index in [2.05, 4.69) is 15.6 Å². The first-order chi connectivity index (χ1) is 12.1. The lowest BCUT2D eigenvalue weighted by atomic mass is 10.0. The van der Waals surface area contributed by atoms with Crippen molar-refractivity contribution in [2.24, 2.45) is 5.41 Å². The fraction of sp³-hybridized carbons (Fsp3) is 0.316. The zero-order chi connectivity index (χ0) is 17.7. The molecule has 2 N–H and O–H groups in total. The van der Waals surface area contributed by atoms with Gasteiger partial charge in [-0.1, -0.05) is 23.7 Å². The van der Waals surface area contributed by atoms with Crippen LogP contribution in [0, 0.1) is 5.41 Å². The predicted molar refractivity (Wildman–Crippen MR) is 95.9 cm³/mol. The van der Waals surface area contributed by atoms with Gasteiger partial charge >= 0.3 is 0 Å². The zero-order valence-electron chi connectivity index (χ0n) is 13.8. The van der Waals surface area contributed by atoms with Crippen LogP contribution < -0.4 is 10.6 Å². The number of rotatable bonds is 7. The Morgan fingerprint density at radius 1 is 1.04 bits per heavy atom. The number of carbonyl (C=O) groups is 2. The molecule has 0 radical (unpaired) electrons. The van der Waals surface area contributed by atoms with Crippen molar-refractivity contribution in [3.05, 3.63) is 64.9 Å². The van der Waals surface area contributed by atoms with Gasteiger partial charge in [0.25, 0.3) is 0 Å². The van der Waals surface area contributed by atoms with E-state index in [0.29, 0.717) is 37.4 Å². The Balaban J connectivity index is 1.48. The number of nitrogens with zero attached hydrogens (tertiary/aromatic N) is 1. The van der Waals surface area contributed by atoms with Crippen LogP contribution in [-0.4, -0.2) is 23.3 Å².